The van der Waals surface area contributed by atoms with Crippen LogP contribution in [-0.2, 0) is 6.42 Å². The first-order chi connectivity index (χ1) is 12.0. The molecule has 0 spiro atoms. The molecule has 1 aromatic heterocycles. The maximum Gasteiger partial charge on any atom is 0.0632 e. The molecule has 3 aromatic rings. The van der Waals surface area contributed by atoms with E-state index in [1.54, 1.807) is 0 Å². The predicted octanol–water partition coefficient (Wildman–Crippen LogP) is 6.02. The van der Waals surface area contributed by atoms with Crippen LogP contribution in [0.5, 0.6) is 0 Å². The molecule has 0 aliphatic rings. The zero-order valence-corrected chi connectivity index (χ0v) is 15.8. The van der Waals surface area contributed by atoms with Gasteiger partial charge < -0.3 is 4.57 Å². The third kappa shape index (κ3) is 3.43. The number of aromatic nitrogens is 1. The summed E-state index contributed by atoms with van der Waals surface area (Å²) in [6.45, 7) is 10.8. The third-order valence-electron chi connectivity index (χ3n) is 4.75. The van der Waals surface area contributed by atoms with E-state index in [2.05, 4.69) is 80.6 Å². The lowest BCUT2D eigenvalue weighted by Crippen LogP contribution is -2.05. The van der Waals surface area contributed by atoms with Crippen LogP contribution in [0.3, 0.4) is 0 Å². The van der Waals surface area contributed by atoms with Crippen molar-refractivity contribution >= 4 is 11.9 Å². The summed E-state index contributed by atoms with van der Waals surface area (Å²) in [4.78, 5) is 4.67. The second-order valence-corrected chi connectivity index (χ2v) is 6.70. The lowest BCUT2D eigenvalue weighted by molar-refractivity contribution is 0.926. The highest BCUT2D eigenvalue weighted by Crippen LogP contribution is 2.26. The molecule has 25 heavy (non-hydrogen) atoms. The highest BCUT2D eigenvalue weighted by Gasteiger charge is 2.14. The minimum absolute atomic E-state index is 0.995. The molecule has 2 heteroatoms. The summed E-state index contributed by atoms with van der Waals surface area (Å²) in [5.74, 6) is 0. The molecule has 2 nitrogen and oxygen atoms in total. The van der Waals surface area contributed by atoms with E-state index in [9.17, 15) is 0 Å². The van der Waals surface area contributed by atoms with E-state index in [0.717, 1.165) is 12.1 Å². The molecule has 1 heterocycles. The van der Waals surface area contributed by atoms with Crippen LogP contribution in [0.25, 0.3) is 5.69 Å². The van der Waals surface area contributed by atoms with Gasteiger partial charge in [0.15, 0.2) is 0 Å². The van der Waals surface area contributed by atoms with Crippen molar-refractivity contribution in [1.82, 2.24) is 4.57 Å². The van der Waals surface area contributed by atoms with Crippen LogP contribution < -0.4 is 0 Å². The number of rotatable bonds is 4. The number of hydrogen-bond acceptors (Lipinski definition) is 1. The number of nitrogens with zero attached hydrogens (tertiary/aromatic N) is 2. The molecule has 0 bridgehead atoms. The number of aryl methyl sites for hydroxylation is 4. The Bertz CT molecular complexity index is 929. The summed E-state index contributed by atoms with van der Waals surface area (Å²) >= 11 is 0. The Balaban J connectivity index is 2.06. The first-order valence-electron chi connectivity index (χ1n) is 8.89. The van der Waals surface area contributed by atoms with E-state index in [0.29, 0.717) is 0 Å². The molecule has 0 fully saturated rings. The summed E-state index contributed by atoms with van der Waals surface area (Å²) in [6, 6.07) is 17.1. The van der Waals surface area contributed by atoms with Crippen LogP contribution in [0.15, 0.2) is 53.5 Å². The summed E-state index contributed by atoms with van der Waals surface area (Å²) in [6.07, 6.45) is 3.01. The Morgan fingerprint density at radius 1 is 0.960 bits per heavy atom. The minimum atomic E-state index is 0.995. The van der Waals surface area contributed by atoms with Gasteiger partial charge in [-0.05, 0) is 69.0 Å². The van der Waals surface area contributed by atoms with Crippen LogP contribution in [0.2, 0.25) is 0 Å². The van der Waals surface area contributed by atoms with Gasteiger partial charge in [0, 0.05) is 23.2 Å². The van der Waals surface area contributed by atoms with Crippen LogP contribution in [-0.4, -0.2) is 10.8 Å². The van der Waals surface area contributed by atoms with Crippen molar-refractivity contribution in [3.05, 3.63) is 82.2 Å². The first kappa shape index (κ1) is 17.2. The monoisotopic (exact) mass is 330 g/mol. The normalized spacial score (nSPS) is 11.4. The molecule has 0 N–H and O–H groups in total. The summed E-state index contributed by atoms with van der Waals surface area (Å²) in [5.41, 5.74) is 9.87. The molecule has 0 amide bonds. The van der Waals surface area contributed by atoms with Crippen molar-refractivity contribution < 1.29 is 0 Å². The van der Waals surface area contributed by atoms with Crippen LogP contribution in [0.4, 0.5) is 5.69 Å². The van der Waals surface area contributed by atoms with Gasteiger partial charge >= 0.3 is 0 Å². The van der Waals surface area contributed by atoms with E-state index >= 15 is 0 Å². The second-order valence-electron chi connectivity index (χ2n) is 6.70. The Morgan fingerprint density at radius 3 is 2.44 bits per heavy atom. The molecule has 0 aliphatic carbocycles. The molecule has 2 aromatic carbocycles. The molecule has 0 saturated heterocycles. The maximum atomic E-state index is 4.67. The van der Waals surface area contributed by atoms with Gasteiger partial charge in [-0.1, -0.05) is 37.3 Å². The van der Waals surface area contributed by atoms with Crippen molar-refractivity contribution in [2.45, 2.75) is 41.0 Å². The highest BCUT2D eigenvalue weighted by atomic mass is 15.0. The van der Waals surface area contributed by atoms with Crippen molar-refractivity contribution in [2.75, 3.05) is 0 Å². The Labute approximate surface area is 150 Å². The van der Waals surface area contributed by atoms with Gasteiger partial charge in [-0.15, -0.1) is 0 Å². The van der Waals surface area contributed by atoms with Crippen molar-refractivity contribution in [3.63, 3.8) is 0 Å². The van der Waals surface area contributed by atoms with Gasteiger partial charge in [-0.3, -0.25) is 4.99 Å². The molecule has 0 saturated carbocycles. The number of aliphatic imine (C=N–C) groups is 1. The molecule has 128 valence electrons. The van der Waals surface area contributed by atoms with E-state index in [4.69, 9.17) is 0 Å². The molecular formula is C23H26N2. The van der Waals surface area contributed by atoms with Crippen LogP contribution in [0, 0.1) is 27.7 Å². The summed E-state index contributed by atoms with van der Waals surface area (Å²) in [5, 5.41) is 0. The van der Waals surface area contributed by atoms with E-state index in [-0.39, 0.29) is 0 Å². The Hall–Kier alpha value is -2.61. The van der Waals surface area contributed by atoms with Gasteiger partial charge in [-0.25, -0.2) is 0 Å². The second kappa shape index (κ2) is 7.10. The minimum Gasteiger partial charge on any atom is -0.317 e. The van der Waals surface area contributed by atoms with Gasteiger partial charge in [-0.2, -0.15) is 0 Å². The summed E-state index contributed by atoms with van der Waals surface area (Å²) in [7, 11) is 0. The fraction of sp³-hybridized carbons (Fsp3) is 0.261. The SMILES string of the molecule is CCc1cccc(C)c1-n1c(C)cc(C=Nc2cccc(C)c2)c1C. The lowest BCUT2D eigenvalue weighted by atomic mass is 10.1. The highest BCUT2D eigenvalue weighted by molar-refractivity contribution is 5.84. The largest absolute Gasteiger partial charge is 0.317 e. The zero-order chi connectivity index (χ0) is 18.0. The third-order valence-corrected chi connectivity index (χ3v) is 4.75. The van der Waals surface area contributed by atoms with Gasteiger partial charge in [0.2, 0.25) is 0 Å². The Morgan fingerprint density at radius 2 is 1.72 bits per heavy atom. The quantitative estimate of drug-likeness (QED) is 0.520. The van der Waals surface area contributed by atoms with Crippen molar-refractivity contribution in [2.24, 2.45) is 4.99 Å². The topological polar surface area (TPSA) is 17.3 Å². The van der Waals surface area contributed by atoms with E-state index < -0.39 is 0 Å². The Kier molecular flexibility index (Phi) is 4.89. The smallest absolute Gasteiger partial charge is 0.0632 e. The number of benzene rings is 2. The first-order valence-corrected chi connectivity index (χ1v) is 8.89. The maximum absolute atomic E-state index is 4.67. The molecule has 0 unspecified atom stereocenters. The molecule has 0 aliphatic heterocycles. The van der Waals surface area contributed by atoms with Crippen LogP contribution in [0.1, 0.15) is 40.6 Å². The zero-order valence-electron chi connectivity index (χ0n) is 15.8. The molecule has 3 rings (SSSR count). The van der Waals surface area contributed by atoms with Gasteiger partial charge in [0.1, 0.15) is 0 Å². The number of hydrogen-bond donors (Lipinski definition) is 0. The standard InChI is InChI=1S/C23H26N2/c1-6-20-11-8-10-17(3)23(20)25-18(4)14-21(19(25)5)15-24-22-12-7-9-16(2)13-22/h7-15H,6H2,1-5H3. The van der Waals surface area contributed by atoms with Crippen molar-refractivity contribution in [1.29, 1.82) is 0 Å². The predicted molar refractivity (Wildman–Crippen MR) is 108 cm³/mol. The molecule has 0 radical (unpaired) electrons. The van der Waals surface area contributed by atoms with Crippen molar-refractivity contribution in [3.8, 4) is 5.69 Å². The average Bonchev–Trinajstić information content (AvgIpc) is 2.87. The van der Waals surface area contributed by atoms with Gasteiger partial charge in [0.05, 0.1) is 11.4 Å². The lowest BCUT2D eigenvalue weighted by Gasteiger charge is -2.17. The number of para-hydroxylation sites is 1. The summed E-state index contributed by atoms with van der Waals surface area (Å²) < 4.78 is 2.37. The average molecular weight is 330 g/mol. The molecular weight excluding hydrogens is 304 g/mol. The fourth-order valence-corrected chi connectivity index (χ4v) is 3.44. The molecule has 0 atom stereocenters. The van der Waals surface area contributed by atoms with E-state index in [1.165, 1.54) is 39.3 Å². The fourth-order valence-electron chi connectivity index (χ4n) is 3.44. The van der Waals surface area contributed by atoms with E-state index in [1.807, 2.05) is 18.3 Å². The van der Waals surface area contributed by atoms with Crippen LogP contribution >= 0.6 is 0 Å². The van der Waals surface area contributed by atoms with Gasteiger partial charge in [0.25, 0.3) is 0 Å².